The van der Waals surface area contributed by atoms with Gasteiger partial charge in [0.05, 0.1) is 5.56 Å². The standard InChI is InChI=1S/C11H8BrNO3/c1-6-2-3-9(16-6)8-4-7(11(14)15)5-10(12)13-8/h2-5H,1H3,(H,14,15). The predicted octanol–water partition coefficient (Wildman–Crippen LogP) is 3.11. The van der Waals surface area contributed by atoms with Crippen LogP contribution in [0.3, 0.4) is 0 Å². The van der Waals surface area contributed by atoms with Crippen LogP contribution in [0.5, 0.6) is 0 Å². The van der Waals surface area contributed by atoms with E-state index in [-0.39, 0.29) is 5.56 Å². The van der Waals surface area contributed by atoms with Gasteiger partial charge in [0, 0.05) is 0 Å². The fraction of sp³-hybridized carbons (Fsp3) is 0.0909. The normalized spacial score (nSPS) is 10.4. The van der Waals surface area contributed by atoms with Gasteiger partial charge in [-0.2, -0.15) is 0 Å². The van der Waals surface area contributed by atoms with Gasteiger partial charge in [-0.25, -0.2) is 9.78 Å². The summed E-state index contributed by atoms with van der Waals surface area (Å²) in [5, 5.41) is 8.91. The third kappa shape index (κ3) is 2.14. The second-order valence-corrected chi connectivity index (χ2v) is 4.09. The molecule has 1 N–H and O–H groups in total. The Morgan fingerprint density at radius 1 is 1.44 bits per heavy atom. The number of hydrogen-bond acceptors (Lipinski definition) is 3. The first-order valence-corrected chi connectivity index (χ1v) is 5.33. The highest BCUT2D eigenvalue weighted by Crippen LogP contribution is 2.23. The highest BCUT2D eigenvalue weighted by atomic mass is 79.9. The molecule has 0 saturated carbocycles. The van der Waals surface area contributed by atoms with Crippen LogP contribution in [0.25, 0.3) is 11.5 Å². The third-order valence-corrected chi connectivity index (χ3v) is 2.44. The van der Waals surface area contributed by atoms with E-state index in [2.05, 4.69) is 20.9 Å². The van der Waals surface area contributed by atoms with E-state index in [4.69, 9.17) is 9.52 Å². The summed E-state index contributed by atoms with van der Waals surface area (Å²) in [7, 11) is 0. The van der Waals surface area contributed by atoms with Gasteiger partial charge in [0.1, 0.15) is 16.1 Å². The molecular formula is C11H8BrNO3. The van der Waals surface area contributed by atoms with Crippen molar-refractivity contribution >= 4 is 21.9 Å². The monoisotopic (exact) mass is 281 g/mol. The molecule has 0 radical (unpaired) electrons. The second-order valence-electron chi connectivity index (χ2n) is 3.28. The van der Waals surface area contributed by atoms with Gasteiger partial charge in [0.25, 0.3) is 0 Å². The molecular weight excluding hydrogens is 274 g/mol. The molecule has 0 bridgehead atoms. The number of carbonyl (C=O) groups is 1. The number of aromatic nitrogens is 1. The number of pyridine rings is 1. The predicted molar refractivity (Wildman–Crippen MR) is 61.3 cm³/mol. The van der Waals surface area contributed by atoms with Gasteiger partial charge in [-0.15, -0.1) is 0 Å². The van der Waals surface area contributed by atoms with E-state index in [9.17, 15) is 4.79 Å². The molecule has 0 atom stereocenters. The summed E-state index contributed by atoms with van der Waals surface area (Å²) in [5.74, 6) is 0.322. The number of halogens is 1. The molecule has 0 aromatic carbocycles. The first-order valence-electron chi connectivity index (χ1n) is 4.54. The third-order valence-electron chi connectivity index (χ3n) is 2.03. The number of aromatic carboxylic acids is 1. The number of furan rings is 1. The van der Waals surface area contributed by atoms with Crippen molar-refractivity contribution in [3.8, 4) is 11.5 Å². The largest absolute Gasteiger partial charge is 0.478 e. The van der Waals surface area contributed by atoms with Crippen LogP contribution in [0.15, 0.2) is 33.3 Å². The summed E-state index contributed by atoms with van der Waals surface area (Å²) in [4.78, 5) is 15.0. The molecule has 4 nitrogen and oxygen atoms in total. The van der Waals surface area contributed by atoms with Gasteiger partial charge < -0.3 is 9.52 Å². The minimum Gasteiger partial charge on any atom is -0.478 e. The summed E-state index contributed by atoms with van der Waals surface area (Å²) in [6.45, 7) is 1.82. The lowest BCUT2D eigenvalue weighted by Crippen LogP contribution is -1.98. The number of nitrogens with zero attached hydrogens (tertiary/aromatic N) is 1. The maximum atomic E-state index is 10.9. The van der Waals surface area contributed by atoms with Crippen molar-refractivity contribution in [2.75, 3.05) is 0 Å². The zero-order valence-electron chi connectivity index (χ0n) is 8.40. The maximum Gasteiger partial charge on any atom is 0.335 e. The van der Waals surface area contributed by atoms with Crippen LogP contribution in [-0.2, 0) is 0 Å². The summed E-state index contributed by atoms with van der Waals surface area (Å²) in [6, 6.07) is 6.49. The van der Waals surface area contributed by atoms with Gasteiger partial charge in [-0.3, -0.25) is 0 Å². The van der Waals surface area contributed by atoms with Crippen LogP contribution in [0, 0.1) is 6.92 Å². The first-order chi connectivity index (χ1) is 7.56. The van der Waals surface area contributed by atoms with Gasteiger partial charge in [0.15, 0.2) is 5.76 Å². The topological polar surface area (TPSA) is 63.3 Å². The Labute approximate surface area is 100 Å². The summed E-state index contributed by atoms with van der Waals surface area (Å²) in [6.07, 6.45) is 0. The fourth-order valence-corrected chi connectivity index (χ4v) is 1.76. The van der Waals surface area contributed by atoms with E-state index in [1.165, 1.54) is 12.1 Å². The Balaban J connectivity index is 2.53. The minimum absolute atomic E-state index is 0.172. The zero-order chi connectivity index (χ0) is 11.7. The molecule has 0 unspecified atom stereocenters. The zero-order valence-corrected chi connectivity index (χ0v) is 9.98. The number of aryl methyl sites for hydroxylation is 1. The van der Waals surface area contributed by atoms with Gasteiger partial charge in [-0.05, 0) is 47.1 Å². The summed E-state index contributed by atoms with van der Waals surface area (Å²) < 4.78 is 5.85. The van der Waals surface area contributed by atoms with Crippen LogP contribution >= 0.6 is 15.9 Å². The lowest BCUT2D eigenvalue weighted by atomic mass is 10.2. The molecule has 0 aliphatic rings. The van der Waals surface area contributed by atoms with E-state index >= 15 is 0 Å². The van der Waals surface area contributed by atoms with Gasteiger partial charge in [-0.1, -0.05) is 0 Å². The molecule has 5 heteroatoms. The van der Waals surface area contributed by atoms with Crippen LogP contribution in [0.2, 0.25) is 0 Å². The van der Waals surface area contributed by atoms with Crippen molar-refractivity contribution in [2.24, 2.45) is 0 Å². The second kappa shape index (κ2) is 4.09. The first kappa shape index (κ1) is 10.9. The molecule has 2 aromatic rings. The SMILES string of the molecule is Cc1ccc(-c2cc(C(=O)O)cc(Br)n2)o1. The van der Waals surface area contributed by atoms with Gasteiger partial charge in [0.2, 0.25) is 0 Å². The Bertz CT molecular complexity index is 548. The van der Waals surface area contributed by atoms with Crippen molar-refractivity contribution in [2.45, 2.75) is 6.92 Å². The van der Waals surface area contributed by atoms with Crippen molar-refractivity contribution < 1.29 is 14.3 Å². The van der Waals surface area contributed by atoms with E-state index in [0.717, 1.165) is 5.76 Å². The highest BCUT2D eigenvalue weighted by molar-refractivity contribution is 9.10. The summed E-state index contributed by atoms with van der Waals surface area (Å²) >= 11 is 3.17. The number of carboxylic acids is 1. The van der Waals surface area contributed by atoms with E-state index in [1.807, 2.05) is 6.92 Å². The average molecular weight is 282 g/mol. The van der Waals surface area contributed by atoms with Crippen molar-refractivity contribution in [3.05, 3.63) is 40.2 Å². The Kier molecular flexibility index (Phi) is 2.78. The van der Waals surface area contributed by atoms with Crippen LogP contribution in [0.4, 0.5) is 0 Å². The fourth-order valence-electron chi connectivity index (χ4n) is 1.32. The van der Waals surface area contributed by atoms with Crippen molar-refractivity contribution in [1.29, 1.82) is 0 Å². The molecule has 0 fully saturated rings. The molecule has 0 aliphatic heterocycles. The van der Waals surface area contributed by atoms with Crippen molar-refractivity contribution in [3.63, 3.8) is 0 Å². The molecule has 0 aliphatic carbocycles. The molecule has 0 spiro atoms. The highest BCUT2D eigenvalue weighted by Gasteiger charge is 2.10. The van der Waals surface area contributed by atoms with E-state index < -0.39 is 5.97 Å². The van der Waals surface area contributed by atoms with Crippen LogP contribution in [-0.4, -0.2) is 16.1 Å². The molecule has 82 valence electrons. The molecule has 16 heavy (non-hydrogen) atoms. The molecule has 0 amide bonds. The van der Waals surface area contributed by atoms with Crippen molar-refractivity contribution in [1.82, 2.24) is 4.98 Å². The lowest BCUT2D eigenvalue weighted by Gasteiger charge is -2.00. The lowest BCUT2D eigenvalue weighted by molar-refractivity contribution is 0.0696. The van der Waals surface area contributed by atoms with Crippen LogP contribution in [0.1, 0.15) is 16.1 Å². The summed E-state index contributed by atoms with van der Waals surface area (Å²) in [5.41, 5.74) is 0.672. The van der Waals surface area contributed by atoms with Crippen LogP contribution < -0.4 is 0 Å². The Morgan fingerprint density at radius 3 is 2.75 bits per heavy atom. The smallest absolute Gasteiger partial charge is 0.335 e. The number of carboxylic acid groups (broad SMARTS) is 1. The quantitative estimate of drug-likeness (QED) is 0.859. The average Bonchev–Trinajstić information content (AvgIpc) is 2.64. The van der Waals surface area contributed by atoms with E-state index in [1.54, 1.807) is 12.1 Å². The molecule has 0 saturated heterocycles. The maximum absolute atomic E-state index is 10.9. The molecule has 2 rings (SSSR count). The molecule has 2 heterocycles. The Morgan fingerprint density at radius 2 is 2.19 bits per heavy atom. The van der Waals surface area contributed by atoms with E-state index in [0.29, 0.717) is 16.1 Å². The number of rotatable bonds is 2. The number of hydrogen-bond donors (Lipinski definition) is 1. The Hall–Kier alpha value is -1.62. The van der Waals surface area contributed by atoms with Gasteiger partial charge >= 0.3 is 5.97 Å². The minimum atomic E-state index is -0.993. The molecule has 2 aromatic heterocycles.